The average Bonchev–Trinajstić information content (AvgIpc) is 2.55. The third kappa shape index (κ3) is 4.75. The molecule has 1 saturated heterocycles. The Labute approximate surface area is 142 Å². The molecule has 1 atom stereocenters. The molecule has 0 bridgehead atoms. The summed E-state index contributed by atoms with van der Waals surface area (Å²) < 4.78 is 11.1. The van der Waals surface area contributed by atoms with Gasteiger partial charge in [-0.3, -0.25) is 14.6 Å². The number of hydrogen-bond donors (Lipinski definition) is 1. The number of nitrogens with zero attached hydrogens (tertiary/aromatic N) is 2. The summed E-state index contributed by atoms with van der Waals surface area (Å²) in [4.78, 5) is 30.3. The van der Waals surface area contributed by atoms with Crippen molar-refractivity contribution >= 4 is 11.8 Å². The van der Waals surface area contributed by atoms with Crippen molar-refractivity contribution in [2.45, 2.75) is 25.4 Å². The third-order valence-corrected chi connectivity index (χ3v) is 4.09. The summed E-state index contributed by atoms with van der Waals surface area (Å²) in [5, 5.41) is 2.60. The SMILES string of the molecule is CNC(=O)C[C@@]1(COC)CN(C(=O)Cc2ccnc(C)c2)CCO1. The fourth-order valence-corrected chi connectivity index (χ4v) is 2.95. The molecule has 7 heteroatoms. The lowest BCUT2D eigenvalue weighted by Crippen LogP contribution is -2.57. The van der Waals surface area contributed by atoms with E-state index in [-0.39, 0.29) is 24.8 Å². The number of aromatic nitrogens is 1. The fourth-order valence-electron chi connectivity index (χ4n) is 2.95. The van der Waals surface area contributed by atoms with Gasteiger partial charge in [-0.05, 0) is 24.6 Å². The van der Waals surface area contributed by atoms with E-state index < -0.39 is 5.60 Å². The molecule has 0 spiro atoms. The highest BCUT2D eigenvalue weighted by Crippen LogP contribution is 2.23. The van der Waals surface area contributed by atoms with Crippen LogP contribution in [0.15, 0.2) is 18.3 Å². The zero-order chi connectivity index (χ0) is 17.6. The maximum absolute atomic E-state index is 12.6. The number of aryl methyl sites for hydroxylation is 1. The number of pyridine rings is 1. The Balaban J connectivity index is 2.06. The van der Waals surface area contributed by atoms with E-state index in [4.69, 9.17) is 9.47 Å². The predicted octanol–water partition coefficient (Wildman–Crippen LogP) is 0.313. The van der Waals surface area contributed by atoms with Crippen molar-refractivity contribution in [3.05, 3.63) is 29.6 Å². The van der Waals surface area contributed by atoms with Crippen LogP contribution < -0.4 is 5.32 Å². The van der Waals surface area contributed by atoms with Gasteiger partial charge in [-0.1, -0.05) is 0 Å². The minimum atomic E-state index is -0.795. The molecule has 0 unspecified atom stereocenters. The van der Waals surface area contributed by atoms with Crippen molar-refractivity contribution in [3.8, 4) is 0 Å². The summed E-state index contributed by atoms with van der Waals surface area (Å²) in [7, 11) is 3.15. The van der Waals surface area contributed by atoms with Gasteiger partial charge in [0.25, 0.3) is 0 Å². The van der Waals surface area contributed by atoms with Gasteiger partial charge >= 0.3 is 0 Å². The Hall–Kier alpha value is -1.99. The quantitative estimate of drug-likeness (QED) is 0.809. The second-order valence-corrected chi connectivity index (χ2v) is 6.11. The van der Waals surface area contributed by atoms with E-state index in [9.17, 15) is 9.59 Å². The number of hydrogen-bond acceptors (Lipinski definition) is 5. The Bertz CT molecular complexity index is 589. The first-order chi connectivity index (χ1) is 11.5. The molecule has 1 aromatic rings. The van der Waals surface area contributed by atoms with E-state index in [1.54, 1.807) is 25.3 Å². The first-order valence-corrected chi connectivity index (χ1v) is 8.01. The summed E-state index contributed by atoms with van der Waals surface area (Å²) in [6, 6.07) is 3.75. The van der Waals surface area contributed by atoms with Crippen LogP contribution in [0.4, 0.5) is 0 Å². The molecule has 0 radical (unpaired) electrons. The molecular formula is C17H25N3O4. The molecule has 132 valence electrons. The van der Waals surface area contributed by atoms with Crippen LogP contribution in [-0.2, 0) is 25.5 Å². The number of ether oxygens (including phenoxy) is 2. The van der Waals surface area contributed by atoms with E-state index in [2.05, 4.69) is 10.3 Å². The first kappa shape index (κ1) is 18.4. The van der Waals surface area contributed by atoms with Gasteiger partial charge in [-0.2, -0.15) is 0 Å². The summed E-state index contributed by atoms with van der Waals surface area (Å²) >= 11 is 0. The highest BCUT2D eigenvalue weighted by molar-refractivity contribution is 5.80. The Morgan fingerprint density at radius 2 is 2.29 bits per heavy atom. The molecular weight excluding hydrogens is 310 g/mol. The Morgan fingerprint density at radius 3 is 2.96 bits per heavy atom. The van der Waals surface area contributed by atoms with Crippen LogP contribution in [0.5, 0.6) is 0 Å². The molecule has 1 aliphatic rings. The van der Waals surface area contributed by atoms with Crippen LogP contribution in [0.3, 0.4) is 0 Å². The number of nitrogens with one attached hydrogen (secondary N) is 1. The van der Waals surface area contributed by atoms with E-state index in [1.165, 1.54) is 0 Å². The number of methoxy groups -OCH3 is 1. The second kappa shape index (κ2) is 8.21. The number of rotatable bonds is 6. The van der Waals surface area contributed by atoms with Gasteiger partial charge in [0.2, 0.25) is 11.8 Å². The van der Waals surface area contributed by atoms with Gasteiger partial charge in [0.1, 0.15) is 5.60 Å². The molecule has 0 saturated carbocycles. The van der Waals surface area contributed by atoms with Crippen molar-refractivity contribution < 1.29 is 19.1 Å². The summed E-state index contributed by atoms with van der Waals surface area (Å²) in [6.07, 6.45) is 2.18. The Kier molecular flexibility index (Phi) is 6.28. The monoisotopic (exact) mass is 335 g/mol. The van der Waals surface area contributed by atoms with Gasteiger partial charge in [0.15, 0.2) is 0 Å². The predicted molar refractivity (Wildman–Crippen MR) is 88.5 cm³/mol. The molecule has 0 aliphatic carbocycles. The van der Waals surface area contributed by atoms with Gasteiger partial charge in [-0.15, -0.1) is 0 Å². The first-order valence-electron chi connectivity index (χ1n) is 8.01. The van der Waals surface area contributed by atoms with Crippen molar-refractivity contribution in [1.29, 1.82) is 0 Å². The van der Waals surface area contributed by atoms with E-state index in [0.717, 1.165) is 11.3 Å². The highest BCUT2D eigenvalue weighted by Gasteiger charge is 2.40. The molecule has 1 aliphatic heterocycles. The minimum absolute atomic E-state index is 0.0151. The van der Waals surface area contributed by atoms with Crippen molar-refractivity contribution in [2.75, 3.05) is 40.5 Å². The summed E-state index contributed by atoms with van der Waals surface area (Å²) in [5.74, 6) is -0.118. The van der Waals surface area contributed by atoms with Crippen LogP contribution in [0, 0.1) is 6.92 Å². The molecule has 7 nitrogen and oxygen atoms in total. The lowest BCUT2D eigenvalue weighted by molar-refractivity contribution is -0.166. The van der Waals surface area contributed by atoms with E-state index in [0.29, 0.717) is 26.1 Å². The molecule has 2 amide bonds. The smallest absolute Gasteiger partial charge is 0.227 e. The van der Waals surface area contributed by atoms with Gasteiger partial charge < -0.3 is 19.7 Å². The molecule has 1 aromatic heterocycles. The van der Waals surface area contributed by atoms with Crippen LogP contribution in [0.25, 0.3) is 0 Å². The standard InChI is InChI=1S/C17H25N3O4/c1-13-8-14(4-5-19-13)9-16(22)20-6-7-24-17(11-20,12-23-3)10-15(21)18-2/h4-5,8H,6-7,9-12H2,1-3H3,(H,18,21)/t17-/m0/s1. The maximum atomic E-state index is 12.6. The number of carbonyl (C=O) groups is 2. The van der Waals surface area contributed by atoms with Crippen LogP contribution in [0.2, 0.25) is 0 Å². The number of morpholine rings is 1. The summed E-state index contributed by atoms with van der Waals surface area (Å²) in [6.45, 7) is 3.41. The zero-order valence-electron chi connectivity index (χ0n) is 14.5. The average molecular weight is 335 g/mol. The second-order valence-electron chi connectivity index (χ2n) is 6.11. The topological polar surface area (TPSA) is 80.8 Å². The van der Waals surface area contributed by atoms with Crippen LogP contribution in [0.1, 0.15) is 17.7 Å². The zero-order valence-corrected chi connectivity index (χ0v) is 14.5. The van der Waals surface area contributed by atoms with Gasteiger partial charge in [-0.25, -0.2) is 0 Å². The largest absolute Gasteiger partial charge is 0.382 e. The normalized spacial score (nSPS) is 20.7. The number of amides is 2. The van der Waals surface area contributed by atoms with Gasteiger partial charge in [0.05, 0.1) is 32.6 Å². The molecule has 1 N–H and O–H groups in total. The van der Waals surface area contributed by atoms with Crippen molar-refractivity contribution in [2.24, 2.45) is 0 Å². The van der Waals surface area contributed by atoms with Crippen molar-refractivity contribution in [3.63, 3.8) is 0 Å². The van der Waals surface area contributed by atoms with E-state index >= 15 is 0 Å². The molecule has 1 fully saturated rings. The van der Waals surface area contributed by atoms with Gasteiger partial charge in [0, 0.05) is 32.6 Å². The molecule has 2 rings (SSSR count). The lowest BCUT2D eigenvalue weighted by Gasteiger charge is -2.42. The van der Waals surface area contributed by atoms with Crippen LogP contribution >= 0.6 is 0 Å². The third-order valence-electron chi connectivity index (χ3n) is 4.09. The number of carbonyl (C=O) groups excluding carboxylic acids is 2. The van der Waals surface area contributed by atoms with E-state index in [1.807, 2.05) is 19.1 Å². The summed E-state index contributed by atoms with van der Waals surface area (Å²) in [5.41, 5.74) is 1.02. The highest BCUT2D eigenvalue weighted by atomic mass is 16.5. The molecule has 0 aromatic carbocycles. The Morgan fingerprint density at radius 1 is 1.50 bits per heavy atom. The van der Waals surface area contributed by atoms with Crippen molar-refractivity contribution in [1.82, 2.24) is 15.2 Å². The maximum Gasteiger partial charge on any atom is 0.227 e. The molecule has 2 heterocycles. The van der Waals surface area contributed by atoms with Crippen LogP contribution in [-0.4, -0.2) is 67.8 Å². The minimum Gasteiger partial charge on any atom is -0.382 e. The fraction of sp³-hybridized carbons (Fsp3) is 0.588. The molecule has 24 heavy (non-hydrogen) atoms. The lowest BCUT2D eigenvalue weighted by atomic mass is 9.97.